The Bertz CT molecular complexity index is 543. The Morgan fingerprint density at radius 1 is 1.21 bits per heavy atom. The highest BCUT2D eigenvalue weighted by Crippen LogP contribution is 2.44. The minimum atomic E-state index is -1.09. The van der Waals surface area contributed by atoms with E-state index in [2.05, 4.69) is 4.98 Å². The van der Waals surface area contributed by atoms with Crippen molar-refractivity contribution in [3.05, 3.63) is 53.7 Å². The molecule has 3 nitrogen and oxygen atoms in total. The first-order valence-corrected chi connectivity index (χ1v) is 6.92. The van der Waals surface area contributed by atoms with Gasteiger partial charge in [0.05, 0.1) is 6.20 Å². The predicted molar refractivity (Wildman–Crippen MR) is 72.6 cm³/mol. The van der Waals surface area contributed by atoms with Crippen LogP contribution in [0.3, 0.4) is 0 Å². The summed E-state index contributed by atoms with van der Waals surface area (Å²) < 4.78 is 5.65. The number of hydrogen-bond acceptors (Lipinski definition) is 3. The lowest BCUT2D eigenvalue weighted by molar-refractivity contribution is -0.00654. The van der Waals surface area contributed by atoms with Crippen LogP contribution in [0, 0.1) is 12.8 Å². The summed E-state index contributed by atoms with van der Waals surface area (Å²) in [7, 11) is 0. The van der Waals surface area contributed by atoms with Crippen molar-refractivity contribution in [2.24, 2.45) is 5.92 Å². The number of oxazole rings is 1. The molecule has 1 fully saturated rings. The third-order valence-corrected chi connectivity index (χ3v) is 4.11. The van der Waals surface area contributed by atoms with E-state index in [-0.39, 0.29) is 5.92 Å². The summed E-state index contributed by atoms with van der Waals surface area (Å²) in [5.41, 5.74) is -0.213. The number of benzene rings is 1. The summed E-state index contributed by atoms with van der Waals surface area (Å²) in [5, 5.41) is 11.3. The van der Waals surface area contributed by atoms with Crippen LogP contribution in [0.5, 0.6) is 0 Å². The molecule has 2 aromatic rings. The third-order valence-electron chi connectivity index (χ3n) is 4.11. The van der Waals surface area contributed by atoms with Crippen molar-refractivity contribution in [1.82, 2.24) is 4.98 Å². The molecule has 1 saturated carbocycles. The van der Waals surface area contributed by atoms with Gasteiger partial charge in [-0.05, 0) is 25.3 Å². The molecule has 19 heavy (non-hydrogen) atoms. The predicted octanol–water partition coefficient (Wildman–Crippen LogP) is 3.41. The van der Waals surface area contributed by atoms with E-state index in [9.17, 15) is 5.11 Å². The van der Waals surface area contributed by atoms with Crippen LogP contribution in [-0.2, 0) is 5.60 Å². The van der Waals surface area contributed by atoms with Crippen LogP contribution >= 0.6 is 0 Å². The molecule has 1 N–H and O–H groups in total. The van der Waals surface area contributed by atoms with Crippen molar-refractivity contribution >= 4 is 0 Å². The van der Waals surface area contributed by atoms with Crippen LogP contribution in [0.15, 0.2) is 40.9 Å². The lowest BCUT2D eigenvalue weighted by atomic mass is 9.80. The van der Waals surface area contributed by atoms with Gasteiger partial charge >= 0.3 is 0 Å². The average Bonchev–Trinajstić information content (AvgIpc) is 3.10. The highest BCUT2D eigenvalue weighted by Gasteiger charge is 2.45. The second-order valence-electron chi connectivity index (χ2n) is 5.39. The number of aromatic nitrogens is 1. The highest BCUT2D eigenvalue weighted by atomic mass is 16.4. The van der Waals surface area contributed by atoms with Gasteiger partial charge in [-0.25, -0.2) is 4.98 Å². The molecule has 3 rings (SSSR count). The topological polar surface area (TPSA) is 46.3 Å². The molecule has 3 heteroatoms. The lowest BCUT2D eigenvalue weighted by Crippen LogP contribution is -2.35. The van der Waals surface area contributed by atoms with Gasteiger partial charge in [0.2, 0.25) is 5.89 Å². The number of hydrogen-bond donors (Lipinski definition) is 1. The van der Waals surface area contributed by atoms with E-state index in [1.807, 2.05) is 37.3 Å². The monoisotopic (exact) mass is 257 g/mol. The molecule has 1 aromatic carbocycles. The highest BCUT2D eigenvalue weighted by molar-refractivity contribution is 5.30. The van der Waals surface area contributed by atoms with Gasteiger partial charge in [0, 0.05) is 5.92 Å². The van der Waals surface area contributed by atoms with E-state index in [0.29, 0.717) is 5.89 Å². The van der Waals surface area contributed by atoms with Crippen LogP contribution in [0.1, 0.15) is 42.9 Å². The first-order valence-electron chi connectivity index (χ1n) is 6.92. The zero-order valence-electron chi connectivity index (χ0n) is 11.2. The molecule has 1 aromatic heterocycles. The van der Waals surface area contributed by atoms with Gasteiger partial charge in [0.1, 0.15) is 5.76 Å². The van der Waals surface area contributed by atoms with Crippen LogP contribution in [0.4, 0.5) is 0 Å². The smallest absolute Gasteiger partial charge is 0.231 e. The zero-order chi connectivity index (χ0) is 13.3. The van der Waals surface area contributed by atoms with Gasteiger partial charge in [-0.15, -0.1) is 0 Å². The number of rotatable bonds is 3. The molecule has 1 heterocycles. The summed E-state index contributed by atoms with van der Waals surface area (Å²) in [6, 6.07) is 9.77. The van der Waals surface area contributed by atoms with E-state index < -0.39 is 5.60 Å². The summed E-state index contributed by atoms with van der Waals surface area (Å²) in [4.78, 5) is 4.29. The minimum absolute atomic E-state index is 0.188. The Hall–Kier alpha value is -1.61. The Morgan fingerprint density at radius 3 is 2.47 bits per heavy atom. The molecular formula is C16H19NO2. The van der Waals surface area contributed by atoms with E-state index in [1.54, 1.807) is 6.20 Å². The maximum Gasteiger partial charge on any atom is 0.231 e. The number of nitrogens with zero attached hydrogens (tertiary/aromatic N) is 1. The van der Waals surface area contributed by atoms with Crippen LogP contribution < -0.4 is 0 Å². The summed E-state index contributed by atoms with van der Waals surface area (Å²) in [6.45, 7) is 1.86. The maximum absolute atomic E-state index is 11.3. The molecule has 0 amide bonds. The van der Waals surface area contributed by atoms with Crippen LogP contribution in [0.2, 0.25) is 0 Å². The maximum atomic E-state index is 11.3. The SMILES string of the molecule is Cc1cnc(C(O)(c2ccccc2)C2CCCC2)o1. The van der Waals surface area contributed by atoms with Gasteiger partial charge in [-0.1, -0.05) is 43.2 Å². The van der Waals surface area contributed by atoms with Crippen molar-refractivity contribution in [2.45, 2.75) is 38.2 Å². The van der Waals surface area contributed by atoms with Crippen molar-refractivity contribution in [2.75, 3.05) is 0 Å². The van der Waals surface area contributed by atoms with Crippen molar-refractivity contribution in [1.29, 1.82) is 0 Å². The molecule has 1 atom stereocenters. The Labute approximate surface area is 113 Å². The van der Waals surface area contributed by atoms with Crippen molar-refractivity contribution in [3.8, 4) is 0 Å². The summed E-state index contributed by atoms with van der Waals surface area (Å²) in [6.07, 6.45) is 6.05. The third kappa shape index (κ3) is 2.08. The molecule has 0 bridgehead atoms. The van der Waals surface area contributed by atoms with Gasteiger partial charge in [-0.3, -0.25) is 0 Å². The number of aliphatic hydroxyl groups is 1. The molecular weight excluding hydrogens is 238 g/mol. The molecule has 0 spiro atoms. The van der Waals surface area contributed by atoms with Gasteiger partial charge in [0.25, 0.3) is 0 Å². The first kappa shape index (κ1) is 12.4. The fraction of sp³-hybridized carbons (Fsp3) is 0.438. The standard InChI is InChI=1S/C16H19NO2/c1-12-11-17-15(19-12)16(18,14-9-5-6-10-14)13-7-3-2-4-8-13/h2-4,7-8,11,14,18H,5-6,9-10H2,1H3. The van der Waals surface area contributed by atoms with Gasteiger partial charge < -0.3 is 9.52 Å². The second-order valence-corrected chi connectivity index (χ2v) is 5.39. The largest absolute Gasteiger partial charge is 0.443 e. The Morgan fingerprint density at radius 2 is 1.89 bits per heavy atom. The van der Waals surface area contributed by atoms with E-state index in [1.165, 1.54) is 12.8 Å². The minimum Gasteiger partial charge on any atom is -0.443 e. The fourth-order valence-electron chi connectivity index (χ4n) is 3.10. The second kappa shape index (κ2) is 4.82. The molecule has 100 valence electrons. The molecule has 0 aliphatic heterocycles. The normalized spacial score (nSPS) is 19.5. The molecule has 0 saturated heterocycles. The lowest BCUT2D eigenvalue weighted by Gasteiger charge is -2.31. The molecule has 1 aliphatic carbocycles. The van der Waals surface area contributed by atoms with E-state index in [0.717, 1.165) is 24.2 Å². The van der Waals surface area contributed by atoms with Gasteiger partial charge in [-0.2, -0.15) is 0 Å². The van der Waals surface area contributed by atoms with E-state index in [4.69, 9.17) is 4.42 Å². The first-order chi connectivity index (χ1) is 9.21. The van der Waals surface area contributed by atoms with Gasteiger partial charge in [0.15, 0.2) is 5.60 Å². The van der Waals surface area contributed by atoms with E-state index >= 15 is 0 Å². The summed E-state index contributed by atoms with van der Waals surface area (Å²) in [5.74, 6) is 1.36. The molecule has 1 aliphatic rings. The summed E-state index contributed by atoms with van der Waals surface area (Å²) >= 11 is 0. The Balaban J connectivity index is 2.09. The van der Waals surface area contributed by atoms with Crippen molar-refractivity contribution in [3.63, 3.8) is 0 Å². The quantitative estimate of drug-likeness (QED) is 0.916. The molecule has 0 radical (unpaired) electrons. The number of aryl methyl sites for hydroxylation is 1. The average molecular weight is 257 g/mol. The van der Waals surface area contributed by atoms with Crippen LogP contribution in [-0.4, -0.2) is 10.1 Å². The van der Waals surface area contributed by atoms with Crippen LogP contribution in [0.25, 0.3) is 0 Å². The zero-order valence-corrected chi connectivity index (χ0v) is 11.2. The Kier molecular flexibility index (Phi) is 3.15. The van der Waals surface area contributed by atoms with Crippen molar-refractivity contribution < 1.29 is 9.52 Å². The molecule has 1 unspecified atom stereocenters. The fourth-order valence-corrected chi connectivity index (χ4v) is 3.10.